The molecule has 0 bridgehead atoms. The lowest BCUT2D eigenvalue weighted by molar-refractivity contribution is -0.117. The smallest absolute Gasteiger partial charge is 0.240 e. The van der Waals surface area contributed by atoms with E-state index < -0.39 is 10.0 Å². The zero-order chi connectivity index (χ0) is 19.4. The Labute approximate surface area is 160 Å². The standard InChI is InChI=1S/C20H24N2O4S/c1-3-26-19-8-5-4-7-16(19)14-21-27(24,25)17-10-11-18(15(2)13-17)22-12-6-9-20(22)23/h4-5,7-8,10-11,13,21H,3,6,9,12,14H2,1-2H3. The lowest BCUT2D eigenvalue weighted by Gasteiger charge is -2.19. The number of hydrogen-bond donors (Lipinski definition) is 1. The second-order valence-electron chi connectivity index (χ2n) is 6.46. The normalized spacial score (nSPS) is 14.6. The number of amides is 1. The van der Waals surface area contributed by atoms with E-state index in [0.717, 1.165) is 23.2 Å². The quantitative estimate of drug-likeness (QED) is 0.791. The summed E-state index contributed by atoms with van der Waals surface area (Å²) in [5.74, 6) is 0.751. The topological polar surface area (TPSA) is 75.7 Å². The van der Waals surface area contributed by atoms with Crippen LogP contribution >= 0.6 is 0 Å². The number of rotatable bonds is 7. The van der Waals surface area contributed by atoms with Gasteiger partial charge in [0.25, 0.3) is 0 Å². The maximum atomic E-state index is 12.7. The van der Waals surface area contributed by atoms with Crippen LogP contribution in [0.1, 0.15) is 30.9 Å². The highest BCUT2D eigenvalue weighted by Crippen LogP contribution is 2.27. The Morgan fingerprint density at radius 1 is 1.19 bits per heavy atom. The Bertz CT molecular complexity index is 941. The molecule has 2 aromatic carbocycles. The highest BCUT2D eigenvalue weighted by molar-refractivity contribution is 7.89. The molecule has 3 rings (SSSR count). The summed E-state index contributed by atoms with van der Waals surface area (Å²) in [5, 5.41) is 0. The third-order valence-electron chi connectivity index (χ3n) is 4.57. The van der Waals surface area contributed by atoms with Crippen LogP contribution in [0, 0.1) is 6.92 Å². The second-order valence-corrected chi connectivity index (χ2v) is 8.23. The molecule has 2 aromatic rings. The molecule has 0 unspecified atom stereocenters. The highest BCUT2D eigenvalue weighted by atomic mass is 32.2. The molecular weight excluding hydrogens is 364 g/mol. The molecule has 0 atom stereocenters. The lowest BCUT2D eigenvalue weighted by atomic mass is 10.2. The number of benzene rings is 2. The molecule has 1 aliphatic heterocycles. The van der Waals surface area contributed by atoms with Crippen LogP contribution in [0.4, 0.5) is 5.69 Å². The molecule has 0 spiro atoms. The van der Waals surface area contributed by atoms with Crippen molar-refractivity contribution in [1.82, 2.24) is 4.72 Å². The van der Waals surface area contributed by atoms with Gasteiger partial charge in [0.05, 0.1) is 11.5 Å². The predicted molar refractivity (Wildman–Crippen MR) is 104 cm³/mol. The highest BCUT2D eigenvalue weighted by Gasteiger charge is 2.24. The molecule has 1 N–H and O–H groups in total. The van der Waals surface area contributed by atoms with Crippen molar-refractivity contribution in [3.8, 4) is 5.75 Å². The van der Waals surface area contributed by atoms with E-state index in [1.807, 2.05) is 38.1 Å². The number of anilines is 1. The number of nitrogens with zero attached hydrogens (tertiary/aromatic N) is 1. The molecular formula is C20H24N2O4S. The van der Waals surface area contributed by atoms with Gasteiger partial charge in [0, 0.05) is 30.8 Å². The zero-order valence-corrected chi connectivity index (χ0v) is 16.4. The fourth-order valence-electron chi connectivity index (χ4n) is 3.20. The van der Waals surface area contributed by atoms with Crippen LogP contribution in [-0.4, -0.2) is 27.5 Å². The van der Waals surface area contributed by atoms with Crippen molar-refractivity contribution in [2.75, 3.05) is 18.1 Å². The largest absolute Gasteiger partial charge is 0.494 e. The first-order valence-corrected chi connectivity index (χ1v) is 10.5. The summed E-state index contributed by atoms with van der Waals surface area (Å²) in [7, 11) is -3.68. The Hall–Kier alpha value is -2.38. The summed E-state index contributed by atoms with van der Waals surface area (Å²) in [6.07, 6.45) is 1.37. The van der Waals surface area contributed by atoms with Crippen LogP contribution in [-0.2, 0) is 21.4 Å². The first kappa shape index (κ1) is 19.4. The molecule has 1 aliphatic rings. The summed E-state index contributed by atoms with van der Waals surface area (Å²) in [6.45, 7) is 5.04. The first-order chi connectivity index (χ1) is 12.9. The van der Waals surface area contributed by atoms with Crippen LogP contribution in [0.15, 0.2) is 47.4 Å². The van der Waals surface area contributed by atoms with Crippen molar-refractivity contribution in [3.63, 3.8) is 0 Å². The van der Waals surface area contributed by atoms with Crippen molar-refractivity contribution in [2.24, 2.45) is 0 Å². The van der Waals surface area contributed by atoms with Gasteiger partial charge < -0.3 is 9.64 Å². The summed E-state index contributed by atoms with van der Waals surface area (Å²) < 4.78 is 33.5. The monoisotopic (exact) mass is 388 g/mol. The van der Waals surface area contributed by atoms with E-state index in [-0.39, 0.29) is 17.3 Å². The molecule has 7 heteroatoms. The molecule has 144 valence electrons. The molecule has 0 aliphatic carbocycles. The van der Waals surface area contributed by atoms with Crippen LogP contribution < -0.4 is 14.4 Å². The van der Waals surface area contributed by atoms with Crippen molar-refractivity contribution in [3.05, 3.63) is 53.6 Å². The van der Waals surface area contributed by atoms with E-state index >= 15 is 0 Å². The summed E-state index contributed by atoms with van der Waals surface area (Å²) >= 11 is 0. The van der Waals surface area contributed by atoms with Gasteiger partial charge in [-0.2, -0.15) is 0 Å². The van der Waals surface area contributed by atoms with E-state index in [0.29, 0.717) is 25.3 Å². The average molecular weight is 388 g/mol. The first-order valence-electron chi connectivity index (χ1n) is 9.04. The number of ether oxygens (including phenoxy) is 1. The fourth-order valence-corrected chi connectivity index (χ4v) is 4.29. The van der Waals surface area contributed by atoms with Crippen LogP contribution in [0.3, 0.4) is 0 Å². The number of para-hydroxylation sites is 1. The molecule has 0 radical (unpaired) electrons. The minimum atomic E-state index is -3.68. The van der Waals surface area contributed by atoms with Gasteiger partial charge in [-0.15, -0.1) is 0 Å². The molecule has 1 fully saturated rings. The molecule has 1 heterocycles. The number of nitrogens with one attached hydrogen (secondary N) is 1. The predicted octanol–water partition coefficient (Wildman–Crippen LogP) is 3.00. The van der Waals surface area contributed by atoms with Crippen molar-refractivity contribution >= 4 is 21.6 Å². The van der Waals surface area contributed by atoms with Gasteiger partial charge in [-0.05, 0) is 50.1 Å². The maximum Gasteiger partial charge on any atom is 0.240 e. The third kappa shape index (κ3) is 4.31. The van der Waals surface area contributed by atoms with Gasteiger partial charge >= 0.3 is 0 Å². The summed E-state index contributed by atoms with van der Waals surface area (Å²) in [4.78, 5) is 13.8. The minimum absolute atomic E-state index is 0.0827. The van der Waals surface area contributed by atoms with Gasteiger partial charge in [-0.25, -0.2) is 13.1 Å². The van der Waals surface area contributed by atoms with E-state index in [1.165, 1.54) is 0 Å². The van der Waals surface area contributed by atoms with Crippen molar-refractivity contribution in [1.29, 1.82) is 0 Å². The Morgan fingerprint density at radius 2 is 1.96 bits per heavy atom. The Kier molecular flexibility index (Phi) is 5.82. The van der Waals surface area contributed by atoms with E-state index in [4.69, 9.17) is 4.74 Å². The number of hydrogen-bond acceptors (Lipinski definition) is 4. The average Bonchev–Trinajstić information content (AvgIpc) is 3.07. The van der Waals surface area contributed by atoms with E-state index in [1.54, 1.807) is 23.1 Å². The number of carbonyl (C=O) groups is 1. The lowest BCUT2D eigenvalue weighted by Crippen LogP contribution is -2.26. The van der Waals surface area contributed by atoms with E-state index in [9.17, 15) is 13.2 Å². The zero-order valence-electron chi connectivity index (χ0n) is 15.6. The SMILES string of the molecule is CCOc1ccccc1CNS(=O)(=O)c1ccc(N2CCCC2=O)c(C)c1. The second kappa shape index (κ2) is 8.10. The van der Waals surface area contributed by atoms with Gasteiger partial charge in [0.1, 0.15) is 5.75 Å². The fraction of sp³-hybridized carbons (Fsp3) is 0.350. The van der Waals surface area contributed by atoms with Crippen molar-refractivity contribution < 1.29 is 17.9 Å². The Balaban J connectivity index is 1.77. The van der Waals surface area contributed by atoms with Crippen LogP contribution in [0.25, 0.3) is 0 Å². The molecule has 0 saturated carbocycles. The van der Waals surface area contributed by atoms with Crippen LogP contribution in [0.5, 0.6) is 5.75 Å². The van der Waals surface area contributed by atoms with Crippen molar-refractivity contribution in [2.45, 2.75) is 38.1 Å². The van der Waals surface area contributed by atoms with Gasteiger partial charge in [-0.3, -0.25) is 4.79 Å². The summed E-state index contributed by atoms with van der Waals surface area (Å²) in [6, 6.07) is 12.2. The number of carbonyl (C=O) groups excluding carboxylic acids is 1. The number of aryl methyl sites for hydroxylation is 1. The van der Waals surface area contributed by atoms with Crippen LogP contribution in [0.2, 0.25) is 0 Å². The maximum absolute atomic E-state index is 12.7. The minimum Gasteiger partial charge on any atom is -0.494 e. The summed E-state index contributed by atoms with van der Waals surface area (Å²) in [5.41, 5.74) is 2.32. The molecule has 1 amide bonds. The molecule has 27 heavy (non-hydrogen) atoms. The van der Waals surface area contributed by atoms with Gasteiger partial charge in [0.2, 0.25) is 15.9 Å². The van der Waals surface area contributed by atoms with Gasteiger partial charge in [-0.1, -0.05) is 18.2 Å². The third-order valence-corrected chi connectivity index (χ3v) is 5.97. The molecule has 6 nitrogen and oxygen atoms in total. The Morgan fingerprint density at radius 3 is 2.63 bits per heavy atom. The van der Waals surface area contributed by atoms with E-state index in [2.05, 4.69) is 4.72 Å². The van der Waals surface area contributed by atoms with Gasteiger partial charge in [0.15, 0.2) is 0 Å². The molecule has 0 aromatic heterocycles. The number of sulfonamides is 1. The molecule has 1 saturated heterocycles.